The van der Waals surface area contributed by atoms with Crippen LogP contribution < -0.4 is 0 Å². The van der Waals surface area contributed by atoms with E-state index >= 15 is 0 Å². The zero-order valence-electron chi connectivity index (χ0n) is 8.89. The van der Waals surface area contributed by atoms with E-state index in [0.29, 0.717) is 5.92 Å². The number of methoxy groups -OCH3 is 1. The second-order valence-electron chi connectivity index (χ2n) is 3.56. The summed E-state index contributed by atoms with van der Waals surface area (Å²) < 4.78 is 6.21. The first-order valence-electron chi connectivity index (χ1n) is 4.56. The zero-order valence-corrected chi connectivity index (χ0v) is 8.89. The van der Waals surface area contributed by atoms with Gasteiger partial charge in [-0.05, 0) is 12.8 Å². The molecule has 1 heterocycles. The molecule has 0 N–H and O–H groups in total. The molecule has 0 aliphatic heterocycles. The van der Waals surface area contributed by atoms with Gasteiger partial charge in [0.2, 0.25) is 0 Å². The van der Waals surface area contributed by atoms with Crippen molar-refractivity contribution in [2.45, 2.75) is 26.8 Å². The lowest BCUT2D eigenvalue weighted by atomic mass is 10.1. The number of rotatable bonds is 3. The quantitative estimate of drug-likeness (QED) is 0.685. The number of carbonyl (C=O) groups is 1. The molecule has 1 rings (SSSR count). The third-order valence-electron chi connectivity index (χ3n) is 2.29. The predicted octanol–water partition coefficient (Wildman–Crippen LogP) is 1.28. The number of esters is 1. The Hall–Kier alpha value is -1.39. The molecule has 0 aliphatic rings. The fraction of sp³-hybridized carbons (Fsp3) is 0.667. The molecule has 5 heteroatoms. The Labute approximate surface area is 83.1 Å². The molecule has 5 nitrogen and oxygen atoms in total. The van der Waals surface area contributed by atoms with Gasteiger partial charge in [-0.2, -0.15) is 0 Å². The fourth-order valence-electron chi connectivity index (χ4n) is 0.979. The van der Waals surface area contributed by atoms with E-state index in [1.165, 1.54) is 7.11 Å². The molecule has 0 aliphatic carbocycles. The highest BCUT2D eigenvalue weighted by Gasteiger charge is 2.15. The summed E-state index contributed by atoms with van der Waals surface area (Å²) in [5.41, 5.74) is 0.250. The Morgan fingerprint density at radius 3 is 2.64 bits per heavy atom. The van der Waals surface area contributed by atoms with Gasteiger partial charge in [0.05, 0.1) is 19.3 Å². The Morgan fingerprint density at radius 2 is 2.14 bits per heavy atom. The minimum Gasteiger partial charge on any atom is -0.464 e. The van der Waals surface area contributed by atoms with Crippen LogP contribution in [-0.2, 0) is 4.74 Å². The van der Waals surface area contributed by atoms with Crippen LogP contribution in [0.4, 0.5) is 0 Å². The van der Waals surface area contributed by atoms with Crippen LogP contribution >= 0.6 is 0 Å². The lowest BCUT2D eigenvalue weighted by Gasteiger charge is -2.14. The molecule has 1 aromatic rings. The van der Waals surface area contributed by atoms with Crippen molar-refractivity contribution < 1.29 is 9.53 Å². The lowest BCUT2D eigenvalue weighted by molar-refractivity contribution is 0.0594. The topological polar surface area (TPSA) is 57.0 Å². The number of hydrogen-bond donors (Lipinski definition) is 0. The van der Waals surface area contributed by atoms with Crippen LogP contribution in [0.5, 0.6) is 0 Å². The SMILES string of the molecule is COC(=O)c1cn(C(C)C(C)C)nn1. The highest BCUT2D eigenvalue weighted by molar-refractivity contribution is 5.86. The summed E-state index contributed by atoms with van der Waals surface area (Å²) in [7, 11) is 1.33. The molecule has 1 unspecified atom stereocenters. The predicted molar refractivity (Wildman–Crippen MR) is 50.9 cm³/mol. The molecular formula is C9H15N3O2. The number of ether oxygens (including phenoxy) is 1. The molecule has 1 atom stereocenters. The summed E-state index contributed by atoms with van der Waals surface area (Å²) >= 11 is 0. The van der Waals surface area contributed by atoms with Gasteiger partial charge in [0, 0.05) is 0 Å². The van der Waals surface area contributed by atoms with Crippen molar-refractivity contribution >= 4 is 5.97 Å². The maximum absolute atomic E-state index is 11.1. The summed E-state index contributed by atoms with van der Waals surface area (Å²) in [6.45, 7) is 6.20. The Balaban J connectivity index is 2.82. The van der Waals surface area contributed by atoms with Crippen molar-refractivity contribution in [2.75, 3.05) is 7.11 Å². The maximum Gasteiger partial charge on any atom is 0.360 e. The molecule has 0 amide bonds. The summed E-state index contributed by atoms with van der Waals surface area (Å²) in [6.07, 6.45) is 1.61. The van der Waals surface area contributed by atoms with Gasteiger partial charge >= 0.3 is 5.97 Å². The van der Waals surface area contributed by atoms with Crippen molar-refractivity contribution in [3.63, 3.8) is 0 Å². The highest BCUT2D eigenvalue weighted by Crippen LogP contribution is 2.15. The van der Waals surface area contributed by atoms with Gasteiger partial charge in [-0.3, -0.25) is 0 Å². The highest BCUT2D eigenvalue weighted by atomic mass is 16.5. The molecule has 0 aromatic carbocycles. The van der Waals surface area contributed by atoms with Crippen LogP contribution in [0.1, 0.15) is 37.3 Å². The monoisotopic (exact) mass is 197 g/mol. The molecule has 0 spiro atoms. The first-order valence-corrected chi connectivity index (χ1v) is 4.56. The summed E-state index contributed by atoms with van der Waals surface area (Å²) in [5.74, 6) is -0.00518. The number of aromatic nitrogens is 3. The van der Waals surface area contributed by atoms with E-state index in [1.54, 1.807) is 10.9 Å². The lowest BCUT2D eigenvalue weighted by Crippen LogP contribution is -2.12. The fourth-order valence-corrected chi connectivity index (χ4v) is 0.979. The molecule has 0 radical (unpaired) electrons. The van der Waals surface area contributed by atoms with Gasteiger partial charge < -0.3 is 4.74 Å². The van der Waals surface area contributed by atoms with Crippen LogP contribution in [0.25, 0.3) is 0 Å². The zero-order chi connectivity index (χ0) is 10.7. The van der Waals surface area contributed by atoms with E-state index in [2.05, 4.69) is 28.9 Å². The second kappa shape index (κ2) is 4.21. The summed E-state index contributed by atoms with van der Waals surface area (Å²) in [6, 6.07) is 0.223. The number of nitrogens with zero attached hydrogens (tertiary/aromatic N) is 3. The van der Waals surface area contributed by atoms with E-state index in [1.807, 2.05) is 6.92 Å². The van der Waals surface area contributed by atoms with Crippen molar-refractivity contribution in [3.8, 4) is 0 Å². The first-order chi connectivity index (χ1) is 6.56. The standard InChI is InChI=1S/C9H15N3O2/c1-6(2)7(3)12-5-8(10-11-12)9(13)14-4/h5-7H,1-4H3. The largest absolute Gasteiger partial charge is 0.464 e. The number of hydrogen-bond acceptors (Lipinski definition) is 4. The van der Waals surface area contributed by atoms with Crippen LogP contribution in [0.3, 0.4) is 0 Å². The van der Waals surface area contributed by atoms with E-state index in [9.17, 15) is 4.79 Å². The average molecular weight is 197 g/mol. The molecule has 78 valence electrons. The van der Waals surface area contributed by atoms with Gasteiger partial charge in [-0.15, -0.1) is 5.10 Å². The minimum absolute atomic E-state index is 0.223. The molecule has 14 heavy (non-hydrogen) atoms. The smallest absolute Gasteiger partial charge is 0.360 e. The molecule has 0 bridgehead atoms. The van der Waals surface area contributed by atoms with Crippen LogP contribution in [0, 0.1) is 5.92 Å². The summed E-state index contributed by atoms with van der Waals surface area (Å²) in [4.78, 5) is 11.1. The average Bonchev–Trinajstić information content (AvgIpc) is 2.64. The summed E-state index contributed by atoms with van der Waals surface area (Å²) in [5, 5.41) is 7.60. The van der Waals surface area contributed by atoms with Crippen LogP contribution in [0.15, 0.2) is 6.20 Å². The second-order valence-corrected chi connectivity index (χ2v) is 3.56. The van der Waals surface area contributed by atoms with Gasteiger partial charge in [0.1, 0.15) is 0 Å². The first kappa shape index (κ1) is 10.7. The third kappa shape index (κ3) is 2.10. The molecule has 0 saturated carbocycles. The Kier molecular flexibility index (Phi) is 3.22. The van der Waals surface area contributed by atoms with E-state index in [-0.39, 0.29) is 11.7 Å². The number of carbonyl (C=O) groups excluding carboxylic acids is 1. The van der Waals surface area contributed by atoms with Crippen molar-refractivity contribution in [2.24, 2.45) is 5.92 Å². The Morgan fingerprint density at radius 1 is 1.50 bits per heavy atom. The Bertz CT molecular complexity index is 320. The van der Waals surface area contributed by atoms with E-state index in [0.717, 1.165) is 0 Å². The van der Waals surface area contributed by atoms with Gasteiger partial charge in [0.25, 0.3) is 0 Å². The minimum atomic E-state index is -0.452. The van der Waals surface area contributed by atoms with E-state index < -0.39 is 5.97 Å². The molecule has 0 saturated heterocycles. The molecular weight excluding hydrogens is 182 g/mol. The van der Waals surface area contributed by atoms with Crippen molar-refractivity contribution in [1.29, 1.82) is 0 Å². The maximum atomic E-state index is 11.1. The van der Waals surface area contributed by atoms with Crippen LogP contribution in [-0.4, -0.2) is 28.1 Å². The van der Waals surface area contributed by atoms with Gasteiger partial charge in [-0.1, -0.05) is 19.1 Å². The molecule has 1 aromatic heterocycles. The van der Waals surface area contributed by atoms with Crippen molar-refractivity contribution in [3.05, 3.63) is 11.9 Å². The van der Waals surface area contributed by atoms with Crippen molar-refractivity contribution in [1.82, 2.24) is 15.0 Å². The third-order valence-corrected chi connectivity index (χ3v) is 2.29. The van der Waals surface area contributed by atoms with E-state index in [4.69, 9.17) is 0 Å². The van der Waals surface area contributed by atoms with Gasteiger partial charge in [0.15, 0.2) is 5.69 Å². The normalized spacial score (nSPS) is 12.9. The molecule has 0 fully saturated rings. The van der Waals surface area contributed by atoms with Crippen LogP contribution in [0.2, 0.25) is 0 Å². The van der Waals surface area contributed by atoms with Gasteiger partial charge in [-0.25, -0.2) is 9.48 Å².